The molecule has 0 unspecified atom stereocenters. The topological polar surface area (TPSA) is 127 Å². The zero-order valence-corrected chi connectivity index (χ0v) is 10.6. The van der Waals surface area contributed by atoms with Crippen molar-refractivity contribution in [3.8, 4) is 0 Å². The van der Waals surface area contributed by atoms with Crippen molar-refractivity contribution in [1.82, 2.24) is 10.2 Å². The Hall–Kier alpha value is -3.10. The van der Waals surface area contributed by atoms with Gasteiger partial charge in [0.05, 0.1) is 11.9 Å². The van der Waals surface area contributed by atoms with Gasteiger partial charge in [-0.25, -0.2) is 0 Å². The van der Waals surface area contributed by atoms with Crippen molar-refractivity contribution >= 4 is 29.3 Å². The predicted octanol–water partition coefficient (Wildman–Crippen LogP) is -0.00400. The molecular weight excluding hydrogens is 294 g/mol. The van der Waals surface area contributed by atoms with Crippen LogP contribution in [-0.2, 0) is 9.59 Å². The van der Waals surface area contributed by atoms with Gasteiger partial charge in [0.25, 0.3) is 17.5 Å². The first kappa shape index (κ1) is 9.03. The molecule has 112 valence electrons. The monoisotopic (exact) mass is 308 g/mol. The minimum Gasteiger partial charge on any atom is -0.295 e. The number of carbonyl (C=O) groups is 4. The molecule has 0 spiro atoms. The Morgan fingerprint density at radius 3 is 2.73 bits per heavy atom. The van der Waals surface area contributed by atoms with Crippen molar-refractivity contribution in [2.75, 3.05) is 0 Å². The van der Waals surface area contributed by atoms with E-state index in [2.05, 4.69) is 0 Å². The first-order valence-corrected chi connectivity index (χ1v) is 5.82. The van der Waals surface area contributed by atoms with Gasteiger partial charge < -0.3 is 0 Å². The number of nitrogens with zero attached hydrogens (tertiary/aromatic N) is 2. The van der Waals surface area contributed by atoms with Gasteiger partial charge in [-0.15, -0.1) is 0 Å². The largest absolute Gasteiger partial charge is 0.295 e. The molecule has 1 fully saturated rings. The molecule has 2 heterocycles. The van der Waals surface area contributed by atoms with Gasteiger partial charge in [-0.05, 0) is 12.4 Å². The Morgan fingerprint density at radius 1 is 1.32 bits per heavy atom. The van der Waals surface area contributed by atoms with E-state index in [0.29, 0.717) is 0 Å². The third kappa shape index (κ3) is 1.86. The van der Waals surface area contributed by atoms with E-state index >= 15 is 0 Å². The van der Waals surface area contributed by atoms with Crippen molar-refractivity contribution in [3.05, 3.63) is 39.4 Å². The fourth-order valence-electron chi connectivity index (χ4n) is 2.15. The molecule has 0 aliphatic carbocycles. The van der Waals surface area contributed by atoms with E-state index < -0.39 is 64.1 Å². The van der Waals surface area contributed by atoms with Gasteiger partial charge in [0.15, 0.2) is 0 Å². The molecule has 0 radical (unpaired) electrons. The van der Waals surface area contributed by atoms with E-state index in [1.165, 1.54) is 5.32 Å². The summed E-state index contributed by atoms with van der Waals surface area (Å²) in [5.74, 6) is -6.33. The van der Waals surface area contributed by atoms with Gasteiger partial charge in [0.1, 0.15) is 11.6 Å². The number of rotatable bonds is 2. The lowest BCUT2D eigenvalue weighted by Crippen LogP contribution is -2.54. The average molecular weight is 308 g/mol. The van der Waals surface area contributed by atoms with Crippen LogP contribution in [-0.4, -0.2) is 39.5 Å². The summed E-state index contributed by atoms with van der Waals surface area (Å²) >= 11 is 0. The number of hydrogen-bond acceptors (Lipinski definition) is 6. The predicted molar refractivity (Wildman–Crippen MR) is 69.8 cm³/mol. The summed E-state index contributed by atoms with van der Waals surface area (Å²) in [5.41, 5.74) is -2.09. The number of fused-ring (bicyclic) bond motifs is 1. The highest BCUT2D eigenvalue weighted by Crippen LogP contribution is 2.33. The summed E-state index contributed by atoms with van der Waals surface area (Å²) in [6.45, 7) is 0. The van der Waals surface area contributed by atoms with Crippen LogP contribution in [0.2, 0.25) is 0 Å². The van der Waals surface area contributed by atoms with Crippen LogP contribution in [0.5, 0.6) is 0 Å². The fraction of sp³-hybridized carbons (Fsp3) is 0.231. The Balaban J connectivity index is 2.25. The van der Waals surface area contributed by atoms with Crippen molar-refractivity contribution < 1.29 is 31.0 Å². The van der Waals surface area contributed by atoms with Crippen LogP contribution < -0.4 is 5.32 Å². The first-order valence-electron chi connectivity index (χ1n) is 8.32. The molecule has 1 saturated heterocycles. The van der Waals surface area contributed by atoms with Gasteiger partial charge in [-0.2, -0.15) is 0 Å². The molecule has 22 heavy (non-hydrogen) atoms. The van der Waals surface area contributed by atoms with Crippen LogP contribution in [0.1, 0.15) is 40.3 Å². The zero-order valence-electron chi connectivity index (χ0n) is 15.6. The molecule has 0 aromatic heterocycles. The fourth-order valence-corrected chi connectivity index (χ4v) is 2.15. The van der Waals surface area contributed by atoms with E-state index in [-0.39, 0.29) is 4.90 Å². The van der Waals surface area contributed by atoms with Crippen LogP contribution in [0.3, 0.4) is 0 Å². The third-order valence-electron chi connectivity index (χ3n) is 3.05. The van der Waals surface area contributed by atoms with Crippen LogP contribution >= 0.6 is 0 Å². The van der Waals surface area contributed by atoms with E-state index in [4.69, 9.17) is 6.85 Å². The molecule has 1 aromatic rings. The van der Waals surface area contributed by atoms with Crippen LogP contribution in [0.4, 0.5) is 5.69 Å². The van der Waals surface area contributed by atoms with Gasteiger partial charge >= 0.3 is 0 Å². The summed E-state index contributed by atoms with van der Waals surface area (Å²) < 4.78 is 39.2. The number of amides is 4. The maximum Gasteiger partial charge on any atom is 0.282 e. The van der Waals surface area contributed by atoms with Crippen LogP contribution in [0.15, 0.2) is 18.2 Å². The molecule has 0 bridgehead atoms. The summed E-state index contributed by atoms with van der Waals surface area (Å²) in [4.78, 5) is 59.2. The Morgan fingerprint density at radius 2 is 2.05 bits per heavy atom. The average Bonchev–Trinajstić information content (AvgIpc) is 2.84. The van der Waals surface area contributed by atoms with Crippen LogP contribution in [0.25, 0.3) is 0 Å². The molecule has 1 N–H and O–H groups in total. The molecule has 1 aromatic carbocycles. The summed E-state index contributed by atoms with van der Waals surface area (Å²) in [6, 6.07) is -0.517. The Bertz CT molecular complexity index is 964. The standard InChI is InChI=1S/C13H9N3O6/c17-9-5-4-8(11(18)14-9)15-12(19)6-2-1-3-7(16(21)22)10(6)13(15)20/h1-3,8H,4-5H2,(H,14,17,18)/t8-/m0/s1/i4D2,5D2,8D. The summed E-state index contributed by atoms with van der Waals surface area (Å²) in [6.07, 6.45) is -7.11. The lowest BCUT2D eigenvalue weighted by molar-refractivity contribution is -0.385. The molecule has 1 atom stereocenters. The number of hydrogen-bond donors (Lipinski definition) is 1. The number of carbonyl (C=O) groups excluding carboxylic acids is 4. The number of imide groups is 2. The lowest BCUT2D eigenvalue weighted by Gasteiger charge is -2.27. The number of nitro groups is 1. The number of benzene rings is 1. The minimum absolute atomic E-state index is 0.190. The van der Waals surface area contributed by atoms with Gasteiger partial charge in [-0.3, -0.25) is 39.5 Å². The molecule has 4 amide bonds. The smallest absolute Gasteiger partial charge is 0.282 e. The van der Waals surface area contributed by atoms with E-state index in [1.54, 1.807) is 0 Å². The summed E-state index contributed by atoms with van der Waals surface area (Å²) in [7, 11) is 0. The zero-order chi connectivity index (χ0) is 20.5. The SMILES string of the molecule is [2H]C1([2H])C(=O)NC(=O)[C@@]([2H])(N2C(=O)c3cccc([N+](=O)[O-])c3C2=O)C1([2H])[2H]. The number of piperidine rings is 1. The molecule has 9 nitrogen and oxygen atoms in total. The number of nitro benzene ring substituents is 1. The van der Waals surface area contributed by atoms with E-state index in [9.17, 15) is 29.3 Å². The maximum absolute atomic E-state index is 12.7. The minimum atomic E-state index is -3.65. The molecule has 0 saturated carbocycles. The molecule has 2 aliphatic rings. The second-order valence-corrected chi connectivity index (χ2v) is 4.28. The van der Waals surface area contributed by atoms with E-state index in [1.807, 2.05) is 0 Å². The van der Waals surface area contributed by atoms with Crippen molar-refractivity contribution in [2.45, 2.75) is 18.8 Å². The normalized spacial score (nSPS) is 32.2. The van der Waals surface area contributed by atoms with Gasteiger partial charge in [-0.1, -0.05) is 6.07 Å². The quantitative estimate of drug-likeness (QED) is 0.465. The number of nitrogens with one attached hydrogen (secondary N) is 1. The van der Waals surface area contributed by atoms with E-state index in [0.717, 1.165) is 18.2 Å². The Labute approximate surface area is 130 Å². The Kier molecular flexibility index (Phi) is 1.94. The van der Waals surface area contributed by atoms with Crippen molar-refractivity contribution in [1.29, 1.82) is 0 Å². The second-order valence-electron chi connectivity index (χ2n) is 4.28. The highest BCUT2D eigenvalue weighted by Gasteiger charge is 2.47. The van der Waals surface area contributed by atoms with Crippen molar-refractivity contribution in [2.24, 2.45) is 0 Å². The molecule has 2 aliphatic heterocycles. The highest BCUT2D eigenvalue weighted by atomic mass is 16.6. The van der Waals surface area contributed by atoms with Crippen molar-refractivity contribution in [3.63, 3.8) is 0 Å². The second kappa shape index (κ2) is 4.72. The maximum atomic E-state index is 12.7. The molecular formula is C13H9N3O6. The van der Waals surface area contributed by atoms with Gasteiger partial charge in [0.2, 0.25) is 11.8 Å². The molecule has 9 heteroatoms. The van der Waals surface area contributed by atoms with Gasteiger partial charge in [0, 0.05) is 17.9 Å². The third-order valence-corrected chi connectivity index (χ3v) is 3.05. The van der Waals surface area contributed by atoms with Crippen LogP contribution in [0, 0.1) is 10.1 Å². The summed E-state index contributed by atoms with van der Waals surface area (Å²) in [5, 5.41) is 12.6. The highest BCUT2D eigenvalue weighted by molar-refractivity contribution is 6.25. The molecule has 3 rings (SSSR count). The first-order chi connectivity index (χ1) is 12.3. The lowest BCUT2D eigenvalue weighted by atomic mass is 10.0.